The number of esters is 1. The largest absolute Gasteiger partial charge is 0.468 e. The van der Waals surface area contributed by atoms with Gasteiger partial charge in [0.25, 0.3) is 0 Å². The Morgan fingerprint density at radius 2 is 2.22 bits per heavy atom. The molecule has 0 aliphatic heterocycles. The molecule has 0 heterocycles. The van der Waals surface area contributed by atoms with Crippen LogP contribution >= 0.6 is 23.2 Å². The molecule has 0 aromatic heterocycles. The van der Waals surface area contributed by atoms with Gasteiger partial charge in [-0.15, -0.1) is 0 Å². The van der Waals surface area contributed by atoms with Gasteiger partial charge in [0, 0.05) is 15.6 Å². The van der Waals surface area contributed by atoms with E-state index in [1.54, 1.807) is 18.2 Å². The molecule has 18 heavy (non-hydrogen) atoms. The Bertz CT molecular complexity index is 447. The summed E-state index contributed by atoms with van der Waals surface area (Å²) < 4.78 is 4.81. The number of rotatable bonds is 5. The van der Waals surface area contributed by atoms with E-state index in [1.165, 1.54) is 20.0 Å². The van der Waals surface area contributed by atoms with Crippen molar-refractivity contribution in [3.05, 3.63) is 33.8 Å². The zero-order valence-corrected chi connectivity index (χ0v) is 11.6. The van der Waals surface area contributed by atoms with Crippen molar-refractivity contribution in [1.29, 1.82) is 0 Å². The Balaban J connectivity index is 2.19. The van der Waals surface area contributed by atoms with Crippen LogP contribution in [0.1, 0.15) is 24.4 Å². The molecule has 1 saturated carbocycles. The van der Waals surface area contributed by atoms with Crippen LogP contribution in [0.2, 0.25) is 10.0 Å². The third-order valence-electron chi connectivity index (χ3n) is 3.01. The van der Waals surface area contributed by atoms with E-state index in [4.69, 9.17) is 27.9 Å². The van der Waals surface area contributed by atoms with E-state index in [0.717, 1.165) is 6.54 Å². The third kappa shape index (κ3) is 3.37. The monoisotopic (exact) mass is 287 g/mol. The van der Waals surface area contributed by atoms with Gasteiger partial charge >= 0.3 is 5.97 Å². The van der Waals surface area contributed by atoms with Crippen molar-refractivity contribution in [2.24, 2.45) is 5.92 Å². The minimum atomic E-state index is -0.554. The first-order chi connectivity index (χ1) is 8.61. The predicted molar refractivity (Wildman–Crippen MR) is 71.9 cm³/mol. The molecular weight excluding hydrogens is 273 g/mol. The molecule has 0 bridgehead atoms. The highest BCUT2D eigenvalue weighted by molar-refractivity contribution is 6.33. The summed E-state index contributed by atoms with van der Waals surface area (Å²) in [6.45, 7) is 0.794. The van der Waals surface area contributed by atoms with E-state index in [1.807, 2.05) is 0 Å². The van der Waals surface area contributed by atoms with Crippen LogP contribution in [-0.4, -0.2) is 19.6 Å². The summed E-state index contributed by atoms with van der Waals surface area (Å²) >= 11 is 12.1. The van der Waals surface area contributed by atoms with Crippen LogP contribution in [0.3, 0.4) is 0 Å². The fraction of sp³-hybridized carbons (Fsp3) is 0.462. The number of halogens is 2. The standard InChI is InChI=1S/C13H15Cl2NO2/c1-18-13(17)12(16-7-8-2-3-8)10-6-9(14)4-5-11(10)15/h4-6,8,12,16H,2-3,7H2,1H3. The molecule has 98 valence electrons. The highest BCUT2D eigenvalue weighted by Crippen LogP contribution is 2.31. The molecule has 1 aromatic carbocycles. The lowest BCUT2D eigenvalue weighted by atomic mass is 10.1. The Kier molecular flexibility index (Phi) is 4.49. The summed E-state index contributed by atoms with van der Waals surface area (Å²) in [5.74, 6) is 0.315. The van der Waals surface area contributed by atoms with Crippen molar-refractivity contribution in [2.75, 3.05) is 13.7 Å². The first kappa shape index (κ1) is 13.7. The highest BCUT2D eigenvalue weighted by Gasteiger charge is 2.27. The maximum Gasteiger partial charge on any atom is 0.327 e. The molecule has 0 radical (unpaired) electrons. The van der Waals surface area contributed by atoms with Crippen molar-refractivity contribution in [3.63, 3.8) is 0 Å². The number of methoxy groups -OCH3 is 1. The number of carbonyl (C=O) groups excluding carboxylic acids is 1. The van der Waals surface area contributed by atoms with Gasteiger partial charge in [-0.25, -0.2) is 4.79 Å². The molecule has 0 spiro atoms. The van der Waals surface area contributed by atoms with Gasteiger partial charge in [0.1, 0.15) is 6.04 Å². The molecule has 0 amide bonds. The van der Waals surface area contributed by atoms with Crippen molar-refractivity contribution >= 4 is 29.2 Å². The normalized spacial score (nSPS) is 16.4. The second-order valence-electron chi connectivity index (χ2n) is 4.47. The Morgan fingerprint density at radius 1 is 1.50 bits per heavy atom. The number of carbonyl (C=O) groups is 1. The van der Waals surface area contributed by atoms with Crippen LogP contribution in [-0.2, 0) is 9.53 Å². The molecule has 1 atom stereocenters. The van der Waals surface area contributed by atoms with Gasteiger partial charge in [0.2, 0.25) is 0 Å². The third-order valence-corrected chi connectivity index (χ3v) is 3.59. The van der Waals surface area contributed by atoms with E-state index in [9.17, 15) is 4.79 Å². The molecule has 1 unspecified atom stereocenters. The maximum absolute atomic E-state index is 11.8. The maximum atomic E-state index is 11.8. The van der Waals surface area contributed by atoms with E-state index in [-0.39, 0.29) is 5.97 Å². The van der Waals surface area contributed by atoms with Crippen LogP contribution < -0.4 is 5.32 Å². The molecule has 2 rings (SSSR count). The van der Waals surface area contributed by atoms with Crippen molar-refractivity contribution in [1.82, 2.24) is 5.32 Å². The molecule has 1 aliphatic rings. The zero-order valence-electron chi connectivity index (χ0n) is 10.1. The van der Waals surface area contributed by atoms with Gasteiger partial charge in [-0.05, 0) is 43.5 Å². The van der Waals surface area contributed by atoms with Crippen molar-refractivity contribution < 1.29 is 9.53 Å². The van der Waals surface area contributed by atoms with Gasteiger partial charge in [-0.1, -0.05) is 23.2 Å². The Morgan fingerprint density at radius 3 is 2.83 bits per heavy atom. The van der Waals surface area contributed by atoms with Gasteiger partial charge in [0.05, 0.1) is 7.11 Å². The summed E-state index contributed by atoms with van der Waals surface area (Å²) in [6.07, 6.45) is 2.42. The molecule has 1 N–H and O–H groups in total. The summed E-state index contributed by atoms with van der Waals surface area (Å²) in [5, 5.41) is 4.26. The average Bonchev–Trinajstić information content (AvgIpc) is 3.17. The van der Waals surface area contributed by atoms with Crippen LogP contribution in [0, 0.1) is 5.92 Å². The lowest BCUT2D eigenvalue weighted by molar-refractivity contribution is -0.143. The predicted octanol–water partition coefficient (Wildman–Crippen LogP) is 3.21. The van der Waals surface area contributed by atoms with Crippen LogP contribution in [0.25, 0.3) is 0 Å². The number of ether oxygens (including phenoxy) is 1. The van der Waals surface area contributed by atoms with Gasteiger partial charge in [0.15, 0.2) is 0 Å². The van der Waals surface area contributed by atoms with Crippen LogP contribution in [0.15, 0.2) is 18.2 Å². The average molecular weight is 288 g/mol. The zero-order chi connectivity index (χ0) is 13.1. The molecular formula is C13H15Cl2NO2. The molecule has 1 aliphatic carbocycles. The topological polar surface area (TPSA) is 38.3 Å². The van der Waals surface area contributed by atoms with Gasteiger partial charge in [-0.3, -0.25) is 0 Å². The molecule has 3 nitrogen and oxygen atoms in total. The summed E-state index contributed by atoms with van der Waals surface area (Å²) in [7, 11) is 1.37. The fourth-order valence-electron chi connectivity index (χ4n) is 1.78. The van der Waals surface area contributed by atoms with Crippen LogP contribution in [0.4, 0.5) is 0 Å². The quantitative estimate of drug-likeness (QED) is 0.845. The minimum absolute atomic E-state index is 0.347. The Hall–Kier alpha value is -0.770. The number of hydrogen-bond donors (Lipinski definition) is 1. The highest BCUT2D eigenvalue weighted by atomic mass is 35.5. The molecule has 0 saturated heterocycles. The minimum Gasteiger partial charge on any atom is -0.468 e. The molecule has 1 aromatic rings. The number of hydrogen-bond acceptors (Lipinski definition) is 3. The second-order valence-corrected chi connectivity index (χ2v) is 5.32. The van der Waals surface area contributed by atoms with E-state index < -0.39 is 6.04 Å². The van der Waals surface area contributed by atoms with Crippen LogP contribution in [0.5, 0.6) is 0 Å². The lowest BCUT2D eigenvalue weighted by Crippen LogP contribution is -2.31. The van der Waals surface area contributed by atoms with E-state index in [2.05, 4.69) is 5.32 Å². The number of nitrogens with one attached hydrogen (secondary N) is 1. The smallest absolute Gasteiger partial charge is 0.327 e. The first-order valence-corrected chi connectivity index (χ1v) is 6.63. The lowest BCUT2D eigenvalue weighted by Gasteiger charge is -2.18. The van der Waals surface area contributed by atoms with E-state index in [0.29, 0.717) is 21.5 Å². The van der Waals surface area contributed by atoms with Crippen molar-refractivity contribution in [3.8, 4) is 0 Å². The van der Waals surface area contributed by atoms with Gasteiger partial charge < -0.3 is 10.1 Å². The second kappa shape index (κ2) is 5.91. The first-order valence-electron chi connectivity index (χ1n) is 5.88. The molecule has 5 heteroatoms. The summed E-state index contributed by atoms with van der Waals surface area (Å²) in [5.41, 5.74) is 0.664. The van der Waals surface area contributed by atoms with Gasteiger partial charge in [-0.2, -0.15) is 0 Å². The fourth-order valence-corrected chi connectivity index (χ4v) is 2.19. The summed E-state index contributed by atoms with van der Waals surface area (Å²) in [4.78, 5) is 11.8. The van der Waals surface area contributed by atoms with Crippen molar-refractivity contribution in [2.45, 2.75) is 18.9 Å². The number of benzene rings is 1. The van der Waals surface area contributed by atoms with E-state index >= 15 is 0 Å². The Labute approximate surface area is 116 Å². The SMILES string of the molecule is COC(=O)C(NCC1CC1)c1cc(Cl)ccc1Cl. The molecule has 1 fully saturated rings. The summed E-state index contributed by atoms with van der Waals surface area (Å²) in [6, 6.07) is 4.53.